The van der Waals surface area contributed by atoms with Gasteiger partial charge in [-0.1, -0.05) is 25.1 Å². The summed E-state index contributed by atoms with van der Waals surface area (Å²) in [5.41, 5.74) is 2.27. The van der Waals surface area contributed by atoms with Crippen molar-refractivity contribution in [1.29, 1.82) is 0 Å². The molecular formula is C17H17ClN2O. The van der Waals surface area contributed by atoms with Crippen LogP contribution in [0.2, 0.25) is 5.22 Å². The van der Waals surface area contributed by atoms with Crippen molar-refractivity contribution in [3.63, 3.8) is 0 Å². The fourth-order valence-corrected chi connectivity index (χ4v) is 2.74. The van der Waals surface area contributed by atoms with E-state index in [0.717, 1.165) is 24.2 Å². The molecule has 1 aromatic carbocycles. The van der Waals surface area contributed by atoms with E-state index < -0.39 is 0 Å². The van der Waals surface area contributed by atoms with Gasteiger partial charge in [-0.3, -0.25) is 4.98 Å². The first-order valence-electron chi connectivity index (χ1n) is 7.09. The molecule has 0 fully saturated rings. The Hall–Kier alpha value is -1.84. The number of hydrogen-bond acceptors (Lipinski definition) is 3. The van der Waals surface area contributed by atoms with Gasteiger partial charge < -0.3 is 9.73 Å². The Morgan fingerprint density at radius 2 is 2.05 bits per heavy atom. The number of fused-ring (bicyclic) bond motifs is 1. The largest absolute Gasteiger partial charge is 0.448 e. The van der Waals surface area contributed by atoms with Crippen LogP contribution >= 0.6 is 11.6 Å². The van der Waals surface area contributed by atoms with Gasteiger partial charge >= 0.3 is 0 Å². The number of pyridine rings is 1. The molecule has 0 aliphatic carbocycles. The SMILES string of the molecule is CCNC(Cc1ccnc2ccccc12)c1ccc(Cl)o1. The topological polar surface area (TPSA) is 38.1 Å². The van der Waals surface area contributed by atoms with Crippen molar-refractivity contribution in [2.24, 2.45) is 0 Å². The fourth-order valence-electron chi connectivity index (χ4n) is 2.59. The number of para-hydroxylation sites is 1. The molecule has 0 aliphatic heterocycles. The molecule has 0 saturated carbocycles. The third-order valence-electron chi connectivity index (χ3n) is 3.55. The molecule has 0 bridgehead atoms. The fraction of sp³-hybridized carbons (Fsp3) is 0.235. The average molecular weight is 301 g/mol. The molecule has 1 unspecified atom stereocenters. The predicted molar refractivity (Wildman–Crippen MR) is 85.6 cm³/mol. The van der Waals surface area contributed by atoms with Crippen molar-refractivity contribution in [2.75, 3.05) is 6.54 Å². The lowest BCUT2D eigenvalue weighted by Crippen LogP contribution is -2.22. The summed E-state index contributed by atoms with van der Waals surface area (Å²) in [6.45, 7) is 2.95. The number of rotatable bonds is 5. The third kappa shape index (κ3) is 3.09. The van der Waals surface area contributed by atoms with Crippen LogP contribution in [0, 0.1) is 0 Å². The lowest BCUT2D eigenvalue weighted by Gasteiger charge is -2.16. The highest BCUT2D eigenvalue weighted by Gasteiger charge is 2.16. The van der Waals surface area contributed by atoms with E-state index in [1.807, 2.05) is 30.5 Å². The number of hydrogen-bond donors (Lipinski definition) is 1. The average Bonchev–Trinajstić information content (AvgIpc) is 2.94. The normalized spacial score (nSPS) is 12.7. The Morgan fingerprint density at radius 1 is 1.19 bits per heavy atom. The molecular weight excluding hydrogens is 284 g/mol. The molecule has 3 rings (SSSR count). The smallest absolute Gasteiger partial charge is 0.193 e. The minimum atomic E-state index is 0.105. The van der Waals surface area contributed by atoms with Crippen molar-refractivity contribution < 1.29 is 4.42 Å². The van der Waals surface area contributed by atoms with Crippen molar-refractivity contribution in [1.82, 2.24) is 10.3 Å². The molecule has 108 valence electrons. The molecule has 0 saturated heterocycles. The Labute approximate surface area is 128 Å². The predicted octanol–water partition coefficient (Wildman–Crippen LogP) is 4.37. The Balaban J connectivity index is 1.94. The molecule has 3 aromatic rings. The van der Waals surface area contributed by atoms with Gasteiger partial charge in [0.25, 0.3) is 0 Å². The zero-order chi connectivity index (χ0) is 14.7. The van der Waals surface area contributed by atoms with Crippen molar-refractivity contribution in [3.05, 3.63) is 65.2 Å². The lowest BCUT2D eigenvalue weighted by atomic mass is 10.0. The monoisotopic (exact) mass is 300 g/mol. The molecule has 21 heavy (non-hydrogen) atoms. The van der Waals surface area contributed by atoms with E-state index in [9.17, 15) is 0 Å². The van der Waals surface area contributed by atoms with Crippen LogP contribution in [0.5, 0.6) is 0 Å². The number of likely N-dealkylation sites (N-methyl/N-ethyl adjacent to an activating group) is 1. The van der Waals surface area contributed by atoms with Crippen molar-refractivity contribution in [3.8, 4) is 0 Å². The molecule has 2 heterocycles. The number of benzene rings is 1. The van der Waals surface area contributed by atoms with E-state index in [0.29, 0.717) is 5.22 Å². The summed E-state index contributed by atoms with van der Waals surface area (Å²) in [6, 6.07) is 14.1. The van der Waals surface area contributed by atoms with E-state index >= 15 is 0 Å². The van der Waals surface area contributed by atoms with Crippen LogP contribution in [0.3, 0.4) is 0 Å². The van der Waals surface area contributed by atoms with Crippen molar-refractivity contribution >= 4 is 22.5 Å². The first-order chi connectivity index (χ1) is 10.3. The summed E-state index contributed by atoms with van der Waals surface area (Å²) in [4.78, 5) is 4.41. The highest BCUT2D eigenvalue weighted by atomic mass is 35.5. The van der Waals surface area contributed by atoms with Crippen LogP contribution in [0.4, 0.5) is 0 Å². The van der Waals surface area contributed by atoms with Gasteiger partial charge in [-0.25, -0.2) is 0 Å². The Kier molecular flexibility index (Phi) is 4.23. The minimum absolute atomic E-state index is 0.105. The van der Waals surface area contributed by atoms with Crippen LogP contribution in [0.15, 0.2) is 53.1 Å². The summed E-state index contributed by atoms with van der Waals surface area (Å²) in [6.07, 6.45) is 2.69. The highest BCUT2D eigenvalue weighted by molar-refractivity contribution is 6.28. The van der Waals surface area contributed by atoms with Gasteiger partial charge in [0.1, 0.15) is 5.76 Å². The quantitative estimate of drug-likeness (QED) is 0.760. The molecule has 1 N–H and O–H groups in total. The van der Waals surface area contributed by atoms with Crippen LogP contribution in [-0.4, -0.2) is 11.5 Å². The summed E-state index contributed by atoms with van der Waals surface area (Å²) >= 11 is 5.90. The Bertz CT molecular complexity index is 733. The molecule has 0 amide bonds. The molecule has 3 nitrogen and oxygen atoms in total. The van der Waals surface area contributed by atoms with Crippen LogP contribution in [0.25, 0.3) is 10.9 Å². The molecule has 0 aliphatic rings. The number of nitrogens with one attached hydrogen (secondary N) is 1. The van der Waals surface area contributed by atoms with Crippen LogP contribution in [-0.2, 0) is 6.42 Å². The summed E-state index contributed by atoms with van der Waals surface area (Å²) in [7, 11) is 0. The summed E-state index contributed by atoms with van der Waals surface area (Å²) in [5, 5.41) is 5.06. The first-order valence-corrected chi connectivity index (χ1v) is 7.47. The van der Waals surface area contributed by atoms with Crippen LogP contribution in [0.1, 0.15) is 24.3 Å². The summed E-state index contributed by atoms with van der Waals surface area (Å²) < 4.78 is 5.57. The minimum Gasteiger partial charge on any atom is -0.448 e. The van der Waals surface area contributed by atoms with Gasteiger partial charge in [-0.2, -0.15) is 0 Å². The van der Waals surface area contributed by atoms with Crippen molar-refractivity contribution in [2.45, 2.75) is 19.4 Å². The number of furan rings is 1. The van der Waals surface area contributed by atoms with E-state index in [4.69, 9.17) is 16.0 Å². The molecule has 4 heteroatoms. The number of halogens is 1. The second kappa shape index (κ2) is 6.29. The van der Waals surface area contributed by atoms with Gasteiger partial charge in [0.15, 0.2) is 5.22 Å². The maximum Gasteiger partial charge on any atom is 0.193 e. The van der Waals surface area contributed by atoms with Gasteiger partial charge in [0, 0.05) is 11.6 Å². The molecule has 0 radical (unpaired) electrons. The first kappa shape index (κ1) is 14.1. The standard InChI is InChI=1S/C17H17ClN2O/c1-2-19-15(16-7-8-17(18)21-16)11-12-9-10-20-14-6-4-3-5-13(12)14/h3-10,15,19H,2,11H2,1H3. The molecule has 2 aromatic heterocycles. The second-order valence-electron chi connectivity index (χ2n) is 4.94. The van der Waals surface area contributed by atoms with Crippen LogP contribution < -0.4 is 5.32 Å². The molecule has 0 spiro atoms. The zero-order valence-corrected chi connectivity index (χ0v) is 12.6. The maximum atomic E-state index is 5.90. The summed E-state index contributed by atoms with van der Waals surface area (Å²) in [5.74, 6) is 0.864. The van der Waals surface area contributed by atoms with E-state index in [2.05, 4.69) is 29.4 Å². The van der Waals surface area contributed by atoms with E-state index in [1.165, 1.54) is 10.9 Å². The highest BCUT2D eigenvalue weighted by Crippen LogP contribution is 2.26. The second-order valence-corrected chi connectivity index (χ2v) is 5.32. The zero-order valence-electron chi connectivity index (χ0n) is 11.8. The van der Waals surface area contributed by atoms with Gasteiger partial charge in [-0.05, 0) is 54.4 Å². The van der Waals surface area contributed by atoms with Gasteiger partial charge in [-0.15, -0.1) is 0 Å². The maximum absolute atomic E-state index is 5.90. The molecule has 1 atom stereocenters. The van der Waals surface area contributed by atoms with E-state index in [1.54, 1.807) is 6.07 Å². The number of nitrogens with zero attached hydrogens (tertiary/aromatic N) is 1. The van der Waals surface area contributed by atoms with Gasteiger partial charge in [0.05, 0.1) is 11.6 Å². The third-order valence-corrected chi connectivity index (χ3v) is 3.75. The van der Waals surface area contributed by atoms with E-state index in [-0.39, 0.29) is 6.04 Å². The van der Waals surface area contributed by atoms with Gasteiger partial charge in [0.2, 0.25) is 0 Å². The lowest BCUT2D eigenvalue weighted by molar-refractivity contribution is 0.418. The number of aromatic nitrogens is 1. The Morgan fingerprint density at radius 3 is 2.81 bits per heavy atom.